The van der Waals surface area contributed by atoms with Crippen LogP contribution >= 0.6 is 0 Å². The van der Waals surface area contributed by atoms with E-state index in [0.717, 1.165) is 11.2 Å². The Morgan fingerprint density at radius 1 is 0.889 bits per heavy atom. The van der Waals surface area contributed by atoms with Crippen molar-refractivity contribution >= 4 is 27.6 Å². The summed E-state index contributed by atoms with van der Waals surface area (Å²) < 4.78 is 2.23. The van der Waals surface area contributed by atoms with Crippen molar-refractivity contribution in [3.63, 3.8) is 0 Å². The maximum atomic E-state index is 4.69. The van der Waals surface area contributed by atoms with Crippen LogP contribution in [0, 0.1) is 6.92 Å². The average Bonchev–Trinajstić information content (AvgIpc) is 2.77. The molecule has 0 saturated carbocycles. The van der Waals surface area contributed by atoms with Crippen LogP contribution < -0.4 is 0 Å². The van der Waals surface area contributed by atoms with Crippen LogP contribution in [-0.2, 0) is 0 Å². The molecule has 2 heteroatoms. The zero-order valence-corrected chi connectivity index (χ0v) is 10.1. The maximum Gasteiger partial charge on any atom is 0.138 e. The summed E-state index contributed by atoms with van der Waals surface area (Å²) in [5.41, 5.74) is 5.74. The SMILES string of the molecule is Cc1cc2nc3ccccc3n2c2ccccc12. The highest BCUT2D eigenvalue weighted by molar-refractivity contribution is 5.92. The van der Waals surface area contributed by atoms with Crippen LogP contribution in [0.1, 0.15) is 5.56 Å². The van der Waals surface area contributed by atoms with Gasteiger partial charge in [-0.2, -0.15) is 0 Å². The molecule has 0 saturated heterocycles. The van der Waals surface area contributed by atoms with Gasteiger partial charge in [0.25, 0.3) is 0 Å². The molecule has 2 aromatic carbocycles. The van der Waals surface area contributed by atoms with Crippen molar-refractivity contribution in [1.82, 2.24) is 9.38 Å². The third kappa shape index (κ3) is 1.15. The molecule has 0 spiro atoms. The Bertz CT molecular complexity index is 887. The topological polar surface area (TPSA) is 17.3 Å². The summed E-state index contributed by atoms with van der Waals surface area (Å²) in [5, 5.41) is 1.29. The van der Waals surface area contributed by atoms with Crippen LogP contribution in [0.5, 0.6) is 0 Å². The highest BCUT2D eigenvalue weighted by atomic mass is 15.0. The minimum Gasteiger partial charge on any atom is -0.292 e. The van der Waals surface area contributed by atoms with Gasteiger partial charge in [0.1, 0.15) is 5.65 Å². The molecule has 18 heavy (non-hydrogen) atoms. The van der Waals surface area contributed by atoms with Crippen molar-refractivity contribution in [3.8, 4) is 0 Å². The van der Waals surface area contributed by atoms with E-state index < -0.39 is 0 Å². The summed E-state index contributed by atoms with van der Waals surface area (Å²) in [5.74, 6) is 0. The summed E-state index contributed by atoms with van der Waals surface area (Å²) in [4.78, 5) is 4.69. The predicted molar refractivity (Wildman–Crippen MR) is 74.9 cm³/mol. The second-order valence-electron chi connectivity index (χ2n) is 4.64. The largest absolute Gasteiger partial charge is 0.292 e. The third-order valence-corrected chi connectivity index (χ3v) is 3.50. The first-order valence-corrected chi connectivity index (χ1v) is 6.10. The van der Waals surface area contributed by atoms with Gasteiger partial charge in [0.15, 0.2) is 0 Å². The summed E-state index contributed by atoms with van der Waals surface area (Å²) >= 11 is 0. The molecule has 4 rings (SSSR count). The first-order valence-electron chi connectivity index (χ1n) is 6.10. The van der Waals surface area contributed by atoms with E-state index in [1.54, 1.807) is 0 Å². The molecule has 2 aromatic heterocycles. The molecule has 0 N–H and O–H groups in total. The van der Waals surface area contributed by atoms with Crippen molar-refractivity contribution in [1.29, 1.82) is 0 Å². The zero-order chi connectivity index (χ0) is 12.1. The van der Waals surface area contributed by atoms with Crippen LogP contribution in [0.25, 0.3) is 27.6 Å². The van der Waals surface area contributed by atoms with E-state index in [4.69, 9.17) is 0 Å². The highest BCUT2D eigenvalue weighted by Gasteiger charge is 2.08. The summed E-state index contributed by atoms with van der Waals surface area (Å²) in [6.45, 7) is 2.14. The van der Waals surface area contributed by atoms with Gasteiger partial charge in [0, 0.05) is 5.39 Å². The lowest BCUT2D eigenvalue weighted by Crippen LogP contribution is -1.90. The molecule has 2 heterocycles. The van der Waals surface area contributed by atoms with Crippen molar-refractivity contribution < 1.29 is 0 Å². The zero-order valence-electron chi connectivity index (χ0n) is 10.1. The second-order valence-corrected chi connectivity index (χ2v) is 4.64. The van der Waals surface area contributed by atoms with Crippen molar-refractivity contribution in [3.05, 3.63) is 60.2 Å². The van der Waals surface area contributed by atoms with Gasteiger partial charge in [0.05, 0.1) is 16.6 Å². The van der Waals surface area contributed by atoms with E-state index in [1.165, 1.54) is 22.0 Å². The molecule has 0 aliphatic rings. The summed E-state index contributed by atoms with van der Waals surface area (Å²) in [6, 6.07) is 18.9. The summed E-state index contributed by atoms with van der Waals surface area (Å²) in [7, 11) is 0. The molecule has 4 aromatic rings. The van der Waals surface area contributed by atoms with Crippen LogP contribution in [0.3, 0.4) is 0 Å². The van der Waals surface area contributed by atoms with Crippen LogP contribution in [0.15, 0.2) is 54.6 Å². The fourth-order valence-electron chi connectivity index (χ4n) is 2.67. The molecule has 0 radical (unpaired) electrons. The molecule has 0 atom stereocenters. The molecule has 0 amide bonds. The number of imidazole rings is 1. The highest BCUT2D eigenvalue weighted by Crippen LogP contribution is 2.25. The number of rotatable bonds is 0. The van der Waals surface area contributed by atoms with Gasteiger partial charge >= 0.3 is 0 Å². The van der Waals surface area contributed by atoms with Gasteiger partial charge in [-0.05, 0) is 36.8 Å². The number of aromatic nitrogens is 2. The minimum absolute atomic E-state index is 1.02. The number of hydrogen-bond donors (Lipinski definition) is 0. The van der Waals surface area contributed by atoms with E-state index in [-0.39, 0.29) is 0 Å². The third-order valence-electron chi connectivity index (χ3n) is 3.50. The van der Waals surface area contributed by atoms with E-state index in [9.17, 15) is 0 Å². The van der Waals surface area contributed by atoms with Crippen molar-refractivity contribution in [2.24, 2.45) is 0 Å². The fourth-order valence-corrected chi connectivity index (χ4v) is 2.67. The van der Waals surface area contributed by atoms with Gasteiger partial charge in [-0.1, -0.05) is 30.3 Å². The van der Waals surface area contributed by atoms with Crippen LogP contribution in [-0.4, -0.2) is 9.38 Å². The van der Waals surface area contributed by atoms with Crippen molar-refractivity contribution in [2.75, 3.05) is 0 Å². The Balaban J connectivity index is 2.39. The smallest absolute Gasteiger partial charge is 0.138 e. The quantitative estimate of drug-likeness (QED) is 0.448. The number of fused-ring (bicyclic) bond motifs is 5. The molecular weight excluding hydrogens is 220 g/mol. The van der Waals surface area contributed by atoms with E-state index in [0.29, 0.717) is 0 Å². The normalized spacial score (nSPS) is 11.6. The van der Waals surface area contributed by atoms with Crippen LogP contribution in [0.2, 0.25) is 0 Å². The monoisotopic (exact) mass is 232 g/mol. The first kappa shape index (κ1) is 9.66. The number of para-hydroxylation sites is 3. The van der Waals surface area contributed by atoms with Crippen molar-refractivity contribution in [2.45, 2.75) is 6.92 Å². The van der Waals surface area contributed by atoms with E-state index >= 15 is 0 Å². The molecule has 86 valence electrons. The van der Waals surface area contributed by atoms with Gasteiger partial charge in [0.2, 0.25) is 0 Å². The first-order chi connectivity index (χ1) is 8.84. The van der Waals surface area contributed by atoms with Gasteiger partial charge in [-0.3, -0.25) is 4.40 Å². The molecule has 0 fully saturated rings. The second kappa shape index (κ2) is 3.33. The van der Waals surface area contributed by atoms with E-state index in [1.807, 2.05) is 6.07 Å². The Labute approximate surface area is 104 Å². The molecule has 0 aliphatic carbocycles. The Morgan fingerprint density at radius 2 is 1.61 bits per heavy atom. The fraction of sp³-hybridized carbons (Fsp3) is 0.0625. The molecule has 2 nitrogen and oxygen atoms in total. The van der Waals surface area contributed by atoms with Gasteiger partial charge in [-0.25, -0.2) is 4.98 Å². The average molecular weight is 232 g/mol. The Morgan fingerprint density at radius 3 is 2.50 bits per heavy atom. The maximum absolute atomic E-state index is 4.69. The predicted octanol–water partition coefficient (Wildman–Crippen LogP) is 3.95. The molecule has 0 aliphatic heterocycles. The number of aryl methyl sites for hydroxylation is 1. The molecule has 0 unspecified atom stereocenters. The minimum atomic E-state index is 1.02. The molecule has 0 bridgehead atoms. The summed E-state index contributed by atoms with van der Waals surface area (Å²) in [6.07, 6.45) is 0. The lowest BCUT2D eigenvalue weighted by Gasteiger charge is -2.05. The number of nitrogens with zero attached hydrogens (tertiary/aromatic N) is 2. The lowest BCUT2D eigenvalue weighted by molar-refractivity contribution is 1.28. The Kier molecular flexibility index (Phi) is 1.78. The number of pyridine rings is 1. The number of hydrogen-bond acceptors (Lipinski definition) is 1. The lowest BCUT2D eigenvalue weighted by atomic mass is 10.1. The Hall–Kier alpha value is -2.35. The number of benzene rings is 2. The molecular formula is C16H12N2. The van der Waals surface area contributed by atoms with Gasteiger partial charge in [-0.15, -0.1) is 0 Å². The van der Waals surface area contributed by atoms with Crippen LogP contribution in [0.4, 0.5) is 0 Å². The standard InChI is InChI=1S/C16H12N2/c1-11-10-16-17-13-7-3-5-9-15(13)18(16)14-8-4-2-6-12(11)14/h2-10H,1H3. The van der Waals surface area contributed by atoms with Gasteiger partial charge < -0.3 is 0 Å². The van der Waals surface area contributed by atoms with E-state index in [2.05, 4.69) is 64.8 Å².